The molecule has 1 amide bonds. The zero-order chi connectivity index (χ0) is 14.7. The second-order valence-electron chi connectivity index (χ2n) is 5.19. The summed E-state index contributed by atoms with van der Waals surface area (Å²) in [4.78, 5) is 20.9. The fraction of sp³-hybridized carbons (Fsp3) is 0.467. The van der Waals surface area contributed by atoms with Crippen molar-refractivity contribution in [3.05, 3.63) is 24.3 Å². The molecule has 1 aromatic carbocycles. The third-order valence-corrected chi connectivity index (χ3v) is 4.87. The average Bonchev–Trinajstić information content (AvgIpc) is 2.96. The van der Waals surface area contributed by atoms with Crippen LogP contribution in [0, 0.1) is 0 Å². The first-order valence-corrected chi connectivity index (χ1v) is 8.12. The maximum atomic E-state index is 12.0. The van der Waals surface area contributed by atoms with Crippen LogP contribution in [-0.4, -0.2) is 55.6 Å². The molecule has 0 spiro atoms. The molecular formula is C15H20N4OS. The summed E-state index contributed by atoms with van der Waals surface area (Å²) in [6, 6.07) is 8.22. The maximum Gasteiger partial charge on any atom is 0.223 e. The Balaban J connectivity index is 1.61. The molecular weight excluding hydrogens is 284 g/mol. The van der Waals surface area contributed by atoms with Gasteiger partial charge in [0.15, 0.2) is 5.13 Å². The van der Waals surface area contributed by atoms with Gasteiger partial charge in [-0.3, -0.25) is 4.79 Å². The predicted octanol–water partition coefficient (Wildman–Crippen LogP) is 1.55. The van der Waals surface area contributed by atoms with E-state index in [4.69, 9.17) is 0 Å². The summed E-state index contributed by atoms with van der Waals surface area (Å²) in [7, 11) is 1.87. The first-order valence-electron chi connectivity index (χ1n) is 7.31. The van der Waals surface area contributed by atoms with E-state index in [0.717, 1.165) is 43.4 Å². The number of carbonyl (C=O) groups excluding carboxylic acids is 1. The van der Waals surface area contributed by atoms with Crippen molar-refractivity contribution < 1.29 is 4.79 Å². The molecule has 3 rings (SSSR count). The van der Waals surface area contributed by atoms with Crippen LogP contribution in [0.5, 0.6) is 0 Å². The largest absolute Gasteiger partial charge is 0.345 e. The molecule has 112 valence electrons. The van der Waals surface area contributed by atoms with Gasteiger partial charge in [0, 0.05) is 39.1 Å². The van der Waals surface area contributed by atoms with E-state index in [1.54, 1.807) is 11.3 Å². The Morgan fingerprint density at radius 3 is 2.76 bits per heavy atom. The summed E-state index contributed by atoms with van der Waals surface area (Å²) in [5, 5.41) is 4.09. The summed E-state index contributed by atoms with van der Waals surface area (Å²) in [6.07, 6.45) is 0.581. The van der Waals surface area contributed by atoms with Crippen LogP contribution in [0.1, 0.15) is 6.42 Å². The van der Waals surface area contributed by atoms with Crippen LogP contribution in [0.15, 0.2) is 24.3 Å². The van der Waals surface area contributed by atoms with Gasteiger partial charge in [-0.25, -0.2) is 4.98 Å². The zero-order valence-electron chi connectivity index (χ0n) is 12.2. The highest BCUT2D eigenvalue weighted by molar-refractivity contribution is 7.22. The first kappa shape index (κ1) is 14.3. The second kappa shape index (κ2) is 6.41. The highest BCUT2D eigenvalue weighted by atomic mass is 32.1. The molecule has 6 heteroatoms. The molecule has 1 fully saturated rings. The highest BCUT2D eigenvalue weighted by Crippen LogP contribution is 2.29. The number of carbonyl (C=O) groups is 1. The van der Waals surface area contributed by atoms with Crippen LogP contribution in [0.4, 0.5) is 5.13 Å². The molecule has 0 radical (unpaired) electrons. The number of anilines is 1. The van der Waals surface area contributed by atoms with Crippen LogP contribution in [0.25, 0.3) is 10.2 Å². The van der Waals surface area contributed by atoms with E-state index in [-0.39, 0.29) is 5.91 Å². The first-order chi connectivity index (χ1) is 10.3. The minimum Gasteiger partial charge on any atom is -0.345 e. The van der Waals surface area contributed by atoms with E-state index >= 15 is 0 Å². The van der Waals surface area contributed by atoms with Crippen molar-refractivity contribution in [2.24, 2.45) is 0 Å². The molecule has 0 atom stereocenters. The van der Waals surface area contributed by atoms with E-state index in [0.29, 0.717) is 6.42 Å². The molecule has 0 unspecified atom stereocenters. The number of amides is 1. The molecule has 1 aliphatic heterocycles. The van der Waals surface area contributed by atoms with Crippen LogP contribution in [-0.2, 0) is 4.79 Å². The van der Waals surface area contributed by atoms with Crippen molar-refractivity contribution in [2.45, 2.75) is 6.42 Å². The molecule has 2 heterocycles. The van der Waals surface area contributed by atoms with Crippen molar-refractivity contribution in [3.8, 4) is 0 Å². The number of rotatable bonds is 4. The molecule has 0 bridgehead atoms. The van der Waals surface area contributed by atoms with Gasteiger partial charge in [-0.15, -0.1) is 0 Å². The highest BCUT2D eigenvalue weighted by Gasteiger charge is 2.22. The van der Waals surface area contributed by atoms with E-state index < -0.39 is 0 Å². The van der Waals surface area contributed by atoms with E-state index in [1.807, 2.05) is 30.1 Å². The van der Waals surface area contributed by atoms with Gasteiger partial charge in [0.1, 0.15) is 0 Å². The lowest BCUT2D eigenvalue weighted by molar-refractivity contribution is -0.131. The van der Waals surface area contributed by atoms with Crippen LogP contribution >= 0.6 is 11.3 Å². The maximum absolute atomic E-state index is 12.0. The Kier molecular flexibility index (Phi) is 4.36. The van der Waals surface area contributed by atoms with Gasteiger partial charge in [0.25, 0.3) is 0 Å². The minimum absolute atomic E-state index is 0.244. The molecule has 0 aliphatic carbocycles. The summed E-state index contributed by atoms with van der Waals surface area (Å²) >= 11 is 1.73. The Bertz CT molecular complexity index is 586. The molecule has 1 aliphatic rings. The summed E-state index contributed by atoms with van der Waals surface area (Å²) in [6.45, 7) is 4.06. The number of hydrogen-bond donors (Lipinski definition) is 1. The van der Waals surface area contributed by atoms with Gasteiger partial charge in [-0.05, 0) is 19.2 Å². The number of nitrogens with one attached hydrogen (secondary N) is 1. The summed E-state index contributed by atoms with van der Waals surface area (Å²) in [5.41, 5.74) is 1.06. The zero-order valence-corrected chi connectivity index (χ0v) is 13.0. The molecule has 2 aromatic rings. The SMILES string of the molecule is CNCCC(=O)N1CCN(c2nc3ccccc3s2)CC1. The molecule has 5 nitrogen and oxygen atoms in total. The Hall–Kier alpha value is -1.66. The minimum atomic E-state index is 0.244. The smallest absolute Gasteiger partial charge is 0.223 e. The van der Waals surface area contributed by atoms with E-state index in [2.05, 4.69) is 21.3 Å². The van der Waals surface area contributed by atoms with Crippen molar-refractivity contribution >= 4 is 32.6 Å². The topological polar surface area (TPSA) is 48.5 Å². The molecule has 1 saturated heterocycles. The van der Waals surface area contributed by atoms with Gasteiger partial charge < -0.3 is 15.1 Å². The Labute approximate surface area is 128 Å². The molecule has 21 heavy (non-hydrogen) atoms. The number of nitrogens with zero attached hydrogens (tertiary/aromatic N) is 3. The number of para-hydroxylation sites is 1. The lowest BCUT2D eigenvalue weighted by Gasteiger charge is -2.34. The van der Waals surface area contributed by atoms with Gasteiger partial charge in [0.2, 0.25) is 5.91 Å². The number of thiazole rings is 1. The number of piperazine rings is 1. The lowest BCUT2D eigenvalue weighted by atomic mass is 10.3. The van der Waals surface area contributed by atoms with Crippen molar-refractivity contribution in [1.29, 1.82) is 0 Å². The van der Waals surface area contributed by atoms with Crippen LogP contribution in [0.3, 0.4) is 0 Å². The van der Waals surface area contributed by atoms with Crippen molar-refractivity contribution in [2.75, 3.05) is 44.7 Å². The molecule has 1 N–H and O–H groups in total. The standard InChI is InChI=1S/C15H20N4OS/c1-16-7-6-14(20)18-8-10-19(11-9-18)15-17-12-4-2-3-5-13(12)21-15/h2-5,16H,6-11H2,1H3. The summed E-state index contributed by atoms with van der Waals surface area (Å²) in [5.74, 6) is 0.244. The van der Waals surface area contributed by atoms with E-state index in [9.17, 15) is 4.79 Å². The number of benzene rings is 1. The quantitative estimate of drug-likeness (QED) is 0.931. The third-order valence-electron chi connectivity index (χ3n) is 3.77. The van der Waals surface area contributed by atoms with Crippen LogP contribution in [0.2, 0.25) is 0 Å². The normalized spacial score (nSPS) is 15.7. The van der Waals surface area contributed by atoms with Crippen molar-refractivity contribution in [1.82, 2.24) is 15.2 Å². The second-order valence-corrected chi connectivity index (χ2v) is 6.19. The Morgan fingerprint density at radius 1 is 1.29 bits per heavy atom. The predicted molar refractivity (Wildman–Crippen MR) is 87.0 cm³/mol. The van der Waals surface area contributed by atoms with Gasteiger partial charge in [0.05, 0.1) is 10.2 Å². The number of aromatic nitrogens is 1. The van der Waals surface area contributed by atoms with Crippen molar-refractivity contribution in [3.63, 3.8) is 0 Å². The molecule has 1 aromatic heterocycles. The Morgan fingerprint density at radius 2 is 2.05 bits per heavy atom. The fourth-order valence-electron chi connectivity index (χ4n) is 2.53. The monoisotopic (exact) mass is 304 g/mol. The van der Waals surface area contributed by atoms with Gasteiger partial charge >= 0.3 is 0 Å². The van der Waals surface area contributed by atoms with Gasteiger partial charge in [-0.1, -0.05) is 23.5 Å². The van der Waals surface area contributed by atoms with E-state index in [1.165, 1.54) is 4.70 Å². The van der Waals surface area contributed by atoms with Crippen LogP contribution < -0.4 is 10.2 Å². The summed E-state index contributed by atoms with van der Waals surface area (Å²) < 4.78 is 1.22. The molecule has 0 saturated carbocycles. The fourth-order valence-corrected chi connectivity index (χ4v) is 3.55. The third kappa shape index (κ3) is 3.16. The van der Waals surface area contributed by atoms with Gasteiger partial charge in [-0.2, -0.15) is 0 Å². The average molecular weight is 304 g/mol. The number of fused-ring (bicyclic) bond motifs is 1. The number of hydrogen-bond acceptors (Lipinski definition) is 5. The lowest BCUT2D eigenvalue weighted by Crippen LogP contribution is -2.49.